The van der Waals surface area contributed by atoms with Gasteiger partial charge < -0.3 is 10.6 Å². The number of halogens is 1. The summed E-state index contributed by atoms with van der Waals surface area (Å²) in [6, 6.07) is 7.25. The Bertz CT molecular complexity index is 353. The molecule has 0 spiro atoms. The summed E-state index contributed by atoms with van der Waals surface area (Å²) in [5, 5.41) is 7.01. The highest BCUT2D eigenvalue weighted by Gasteiger charge is 1.95. The van der Waals surface area contributed by atoms with E-state index in [0.29, 0.717) is 16.7 Å². The molecular weight excluding hydrogens is 216 g/mol. The molecule has 0 saturated heterocycles. The number of nitrogens with one attached hydrogen (secondary N) is 2. The smallest absolute Gasteiger partial charge is 0.171 e. The van der Waals surface area contributed by atoms with Gasteiger partial charge in [-0.3, -0.25) is 0 Å². The molecule has 2 nitrogen and oxygen atoms in total. The minimum atomic E-state index is 0.416. The Morgan fingerprint density at radius 3 is 2.64 bits per heavy atom. The van der Waals surface area contributed by atoms with E-state index in [2.05, 4.69) is 16.6 Å². The average Bonchev–Trinajstić information content (AvgIpc) is 2.18. The Balaban J connectivity index is 2.49. The first-order valence-electron chi connectivity index (χ1n) is 3.96. The summed E-state index contributed by atoms with van der Waals surface area (Å²) in [6.45, 7) is 0.416. The lowest BCUT2D eigenvalue weighted by atomic mass is 10.3. The lowest BCUT2D eigenvalue weighted by Crippen LogP contribution is -2.28. The summed E-state index contributed by atoms with van der Waals surface area (Å²) >= 11 is 10.7. The highest BCUT2D eigenvalue weighted by molar-refractivity contribution is 7.80. The van der Waals surface area contributed by atoms with Crippen LogP contribution >= 0.6 is 23.8 Å². The van der Waals surface area contributed by atoms with Crippen molar-refractivity contribution < 1.29 is 0 Å². The molecule has 4 heteroatoms. The zero-order valence-electron chi connectivity index (χ0n) is 7.38. The molecule has 0 aromatic heterocycles. The molecule has 0 aliphatic heterocycles. The van der Waals surface area contributed by atoms with Crippen molar-refractivity contribution in [1.82, 2.24) is 5.32 Å². The Hall–Kier alpha value is -1.24. The molecule has 1 aromatic rings. The van der Waals surface area contributed by atoms with Gasteiger partial charge in [0.1, 0.15) is 0 Å². The van der Waals surface area contributed by atoms with Crippen LogP contribution in [0.5, 0.6) is 0 Å². The third-order valence-electron chi connectivity index (χ3n) is 1.45. The van der Waals surface area contributed by atoms with Gasteiger partial charge in [0.15, 0.2) is 5.11 Å². The van der Waals surface area contributed by atoms with Gasteiger partial charge in [0.25, 0.3) is 0 Å². The fourth-order valence-corrected chi connectivity index (χ4v) is 1.16. The first kappa shape index (κ1) is 10.8. The largest absolute Gasteiger partial charge is 0.352 e. The van der Waals surface area contributed by atoms with Crippen LogP contribution in [-0.4, -0.2) is 11.7 Å². The van der Waals surface area contributed by atoms with Gasteiger partial charge in [0, 0.05) is 10.7 Å². The van der Waals surface area contributed by atoms with Crippen molar-refractivity contribution in [1.29, 1.82) is 0 Å². The van der Waals surface area contributed by atoms with Crippen molar-refractivity contribution in [2.75, 3.05) is 11.9 Å². The highest BCUT2D eigenvalue weighted by Crippen LogP contribution is 2.12. The van der Waals surface area contributed by atoms with E-state index in [1.54, 1.807) is 12.1 Å². The zero-order chi connectivity index (χ0) is 10.4. The van der Waals surface area contributed by atoms with E-state index >= 15 is 0 Å². The Labute approximate surface area is 93.7 Å². The van der Waals surface area contributed by atoms with Crippen LogP contribution in [0, 0.1) is 12.3 Å². The Morgan fingerprint density at radius 2 is 2.07 bits per heavy atom. The molecule has 2 N–H and O–H groups in total. The average molecular weight is 225 g/mol. The first-order chi connectivity index (χ1) is 6.72. The molecule has 0 saturated carbocycles. The van der Waals surface area contributed by atoms with Crippen molar-refractivity contribution in [3.63, 3.8) is 0 Å². The fourth-order valence-electron chi connectivity index (χ4n) is 0.840. The third kappa shape index (κ3) is 3.65. The van der Waals surface area contributed by atoms with Gasteiger partial charge in [-0.25, -0.2) is 0 Å². The van der Waals surface area contributed by atoms with Gasteiger partial charge in [-0.2, -0.15) is 0 Å². The minimum Gasteiger partial charge on any atom is -0.352 e. The van der Waals surface area contributed by atoms with Gasteiger partial charge in [-0.15, -0.1) is 6.42 Å². The maximum atomic E-state index is 5.73. The molecule has 0 heterocycles. The number of terminal acetylenes is 1. The lowest BCUT2D eigenvalue weighted by molar-refractivity contribution is 1.09. The summed E-state index contributed by atoms with van der Waals surface area (Å²) in [7, 11) is 0. The lowest BCUT2D eigenvalue weighted by Gasteiger charge is -2.07. The SMILES string of the molecule is C#CCNC(=S)Nc1ccc(Cl)cc1. The minimum absolute atomic E-state index is 0.416. The zero-order valence-corrected chi connectivity index (χ0v) is 8.95. The third-order valence-corrected chi connectivity index (χ3v) is 1.95. The molecule has 0 aliphatic carbocycles. The van der Waals surface area contributed by atoms with Crippen LogP contribution in [0.25, 0.3) is 0 Å². The molecule has 0 aliphatic rings. The van der Waals surface area contributed by atoms with Crippen LogP contribution in [-0.2, 0) is 0 Å². The van der Waals surface area contributed by atoms with Crippen molar-refractivity contribution >= 4 is 34.6 Å². The molecule has 0 unspecified atom stereocenters. The molecule has 14 heavy (non-hydrogen) atoms. The summed E-state index contributed by atoms with van der Waals surface area (Å²) in [4.78, 5) is 0. The quantitative estimate of drug-likeness (QED) is 0.595. The standard InChI is InChI=1S/C10H9ClN2S/c1-2-7-12-10(14)13-9-5-3-8(11)4-6-9/h1,3-6H,7H2,(H2,12,13,14). The van der Waals surface area contributed by atoms with Gasteiger partial charge in [-0.1, -0.05) is 17.5 Å². The molecule has 0 radical (unpaired) electrons. The van der Waals surface area contributed by atoms with Crippen LogP contribution in [0.4, 0.5) is 5.69 Å². The summed E-state index contributed by atoms with van der Waals surface area (Å²) in [6.07, 6.45) is 5.07. The van der Waals surface area contributed by atoms with E-state index in [-0.39, 0.29) is 0 Å². The number of rotatable bonds is 2. The van der Waals surface area contributed by atoms with Crippen molar-refractivity contribution in [3.8, 4) is 12.3 Å². The molecule has 1 aromatic carbocycles. The number of anilines is 1. The van der Waals surface area contributed by atoms with E-state index in [0.717, 1.165) is 5.69 Å². The van der Waals surface area contributed by atoms with E-state index in [9.17, 15) is 0 Å². The van der Waals surface area contributed by atoms with E-state index in [4.69, 9.17) is 30.2 Å². The second kappa shape index (κ2) is 5.48. The molecule has 0 atom stereocenters. The van der Waals surface area contributed by atoms with Crippen LogP contribution in [0.3, 0.4) is 0 Å². The van der Waals surface area contributed by atoms with Gasteiger partial charge in [-0.05, 0) is 36.5 Å². The summed E-state index contributed by atoms with van der Waals surface area (Å²) < 4.78 is 0. The number of thiocarbonyl (C=S) groups is 1. The van der Waals surface area contributed by atoms with Crippen LogP contribution < -0.4 is 10.6 Å². The molecule has 0 bridgehead atoms. The second-order valence-electron chi connectivity index (χ2n) is 2.52. The number of benzene rings is 1. The predicted octanol–water partition coefficient (Wildman–Crippen LogP) is 2.26. The molecule has 1 rings (SSSR count). The summed E-state index contributed by atoms with van der Waals surface area (Å²) in [5.41, 5.74) is 0.879. The van der Waals surface area contributed by atoms with Gasteiger partial charge >= 0.3 is 0 Å². The first-order valence-corrected chi connectivity index (χ1v) is 4.75. The molecular formula is C10H9ClN2S. The summed E-state index contributed by atoms with van der Waals surface area (Å²) in [5.74, 6) is 2.43. The normalized spacial score (nSPS) is 8.86. The van der Waals surface area contributed by atoms with E-state index < -0.39 is 0 Å². The molecule has 72 valence electrons. The predicted molar refractivity (Wildman–Crippen MR) is 64.5 cm³/mol. The van der Waals surface area contributed by atoms with E-state index in [1.165, 1.54) is 0 Å². The van der Waals surface area contributed by atoms with E-state index in [1.807, 2.05) is 12.1 Å². The van der Waals surface area contributed by atoms with Crippen LogP contribution in [0.2, 0.25) is 5.02 Å². The maximum Gasteiger partial charge on any atom is 0.171 e. The van der Waals surface area contributed by atoms with Crippen LogP contribution in [0.1, 0.15) is 0 Å². The van der Waals surface area contributed by atoms with Crippen molar-refractivity contribution in [2.24, 2.45) is 0 Å². The number of hydrogen-bond donors (Lipinski definition) is 2. The highest BCUT2D eigenvalue weighted by atomic mass is 35.5. The van der Waals surface area contributed by atoms with Crippen molar-refractivity contribution in [2.45, 2.75) is 0 Å². The Kier molecular flexibility index (Phi) is 4.24. The number of hydrogen-bond acceptors (Lipinski definition) is 1. The fraction of sp³-hybridized carbons (Fsp3) is 0.100. The molecule has 0 fully saturated rings. The second-order valence-corrected chi connectivity index (χ2v) is 3.36. The van der Waals surface area contributed by atoms with Gasteiger partial charge in [0.05, 0.1) is 6.54 Å². The van der Waals surface area contributed by atoms with Crippen molar-refractivity contribution in [3.05, 3.63) is 29.3 Å². The molecule has 0 amide bonds. The monoisotopic (exact) mass is 224 g/mol. The van der Waals surface area contributed by atoms with Crippen LogP contribution in [0.15, 0.2) is 24.3 Å². The Morgan fingerprint density at radius 1 is 1.43 bits per heavy atom. The maximum absolute atomic E-state index is 5.73. The topological polar surface area (TPSA) is 24.1 Å². The van der Waals surface area contributed by atoms with Gasteiger partial charge in [0.2, 0.25) is 0 Å².